The molecule has 0 aliphatic carbocycles. The second-order valence-corrected chi connectivity index (χ2v) is 5.86. The highest BCUT2D eigenvalue weighted by molar-refractivity contribution is 4.71. The lowest BCUT2D eigenvalue weighted by Gasteiger charge is -2.26. The third-order valence-electron chi connectivity index (χ3n) is 2.39. The molecule has 92 valence electrons. The van der Waals surface area contributed by atoms with Gasteiger partial charge >= 0.3 is 0 Å². The average Bonchev–Trinajstić information content (AvgIpc) is 2.01. The number of hydrogen-bond acceptors (Lipinski definition) is 2. The Kier molecular flexibility index (Phi) is 7.20. The van der Waals surface area contributed by atoms with Crippen LogP contribution in [0.2, 0.25) is 0 Å². The van der Waals surface area contributed by atoms with Crippen LogP contribution >= 0.6 is 0 Å². The molecule has 0 unspecified atom stereocenters. The first-order valence-electron chi connectivity index (χ1n) is 6.16. The Labute approximate surface area is 95.8 Å². The average molecular weight is 215 g/mol. The highest BCUT2D eigenvalue weighted by Crippen LogP contribution is 2.19. The van der Waals surface area contributed by atoms with Crippen molar-refractivity contribution in [3.05, 3.63) is 0 Å². The van der Waals surface area contributed by atoms with Crippen molar-refractivity contribution < 1.29 is 4.74 Å². The monoisotopic (exact) mass is 215 g/mol. The smallest absolute Gasteiger partial charge is 0.0518 e. The summed E-state index contributed by atoms with van der Waals surface area (Å²) in [5, 5.41) is 3.51. The van der Waals surface area contributed by atoms with E-state index in [-0.39, 0.29) is 0 Å². The van der Waals surface area contributed by atoms with Gasteiger partial charge in [-0.05, 0) is 38.1 Å². The molecular formula is C13H29NO. The lowest BCUT2D eigenvalue weighted by Crippen LogP contribution is -2.32. The topological polar surface area (TPSA) is 21.3 Å². The molecule has 0 aliphatic rings. The second kappa shape index (κ2) is 7.24. The van der Waals surface area contributed by atoms with Crippen molar-refractivity contribution in [2.75, 3.05) is 19.7 Å². The number of ether oxygens (including phenoxy) is 1. The van der Waals surface area contributed by atoms with Gasteiger partial charge in [0.15, 0.2) is 0 Å². The van der Waals surface area contributed by atoms with Crippen LogP contribution in [0, 0.1) is 11.3 Å². The van der Waals surface area contributed by atoms with Crippen molar-refractivity contribution in [2.24, 2.45) is 11.3 Å². The van der Waals surface area contributed by atoms with E-state index in [1.54, 1.807) is 0 Å². The van der Waals surface area contributed by atoms with Gasteiger partial charge < -0.3 is 10.1 Å². The second-order valence-electron chi connectivity index (χ2n) is 5.86. The minimum absolute atomic E-state index is 0.337. The van der Waals surface area contributed by atoms with Gasteiger partial charge in [0.2, 0.25) is 0 Å². The molecular weight excluding hydrogens is 186 g/mol. The fraction of sp³-hybridized carbons (Fsp3) is 1.00. The van der Waals surface area contributed by atoms with Gasteiger partial charge in [-0.2, -0.15) is 0 Å². The van der Waals surface area contributed by atoms with Crippen LogP contribution in [0.5, 0.6) is 0 Å². The van der Waals surface area contributed by atoms with Crippen molar-refractivity contribution in [3.63, 3.8) is 0 Å². The van der Waals surface area contributed by atoms with Gasteiger partial charge in [0.05, 0.1) is 6.10 Å². The highest BCUT2D eigenvalue weighted by atomic mass is 16.5. The van der Waals surface area contributed by atoms with Crippen LogP contribution in [0.25, 0.3) is 0 Å². The van der Waals surface area contributed by atoms with Crippen molar-refractivity contribution in [1.82, 2.24) is 5.32 Å². The zero-order valence-corrected chi connectivity index (χ0v) is 11.4. The zero-order valence-electron chi connectivity index (χ0n) is 11.4. The Morgan fingerprint density at radius 3 is 2.20 bits per heavy atom. The number of rotatable bonds is 8. The molecule has 0 aromatic rings. The molecule has 0 saturated carbocycles. The molecule has 0 aliphatic heterocycles. The lowest BCUT2D eigenvalue weighted by atomic mass is 9.89. The molecule has 0 heterocycles. The number of hydrogen-bond donors (Lipinski definition) is 1. The SMILES string of the molecule is CC(C)CNCC(C)(C)CCOC(C)C. The van der Waals surface area contributed by atoms with Gasteiger partial charge in [-0.15, -0.1) is 0 Å². The van der Waals surface area contributed by atoms with E-state index >= 15 is 0 Å². The summed E-state index contributed by atoms with van der Waals surface area (Å²) in [5.74, 6) is 0.729. The van der Waals surface area contributed by atoms with Gasteiger partial charge in [0, 0.05) is 13.2 Å². The van der Waals surface area contributed by atoms with Crippen molar-refractivity contribution in [1.29, 1.82) is 0 Å². The van der Waals surface area contributed by atoms with Gasteiger partial charge in [-0.3, -0.25) is 0 Å². The van der Waals surface area contributed by atoms with E-state index in [4.69, 9.17) is 4.74 Å². The molecule has 0 spiro atoms. The summed E-state index contributed by atoms with van der Waals surface area (Å²) in [6.07, 6.45) is 1.47. The molecule has 0 saturated heterocycles. The normalized spacial score (nSPS) is 12.8. The summed E-state index contributed by atoms with van der Waals surface area (Å²) >= 11 is 0. The van der Waals surface area contributed by atoms with Crippen molar-refractivity contribution in [3.8, 4) is 0 Å². The van der Waals surface area contributed by atoms with Gasteiger partial charge in [-0.1, -0.05) is 27.7 Å². The summed E-state index contributed by atoms with van der Waals surface area (Å²) in [7, 11) is 0. The fourth-order valence-electron chi connectivity index (χ4n) is 1.36. The summed E-state index contributed by atoms with van der Waals surface area (Å²) < 4.78 is 5.58. The Morgan fingerprint density at radius 1 is 1.13 bits per heavy atom. The van der Waals surface area contributed by atoms with Crippen LogP contribution in [0.3, 0.4) is 0 Å². The maximum atomic E-state index is 5.58. The molecule has 2 heteroatoms. The third kappa shape index (κ3) is 10.2. The molecule has 0 fully saturated rings. The van der Waals surface area contributed by atoms with Crippen molar-refractivity contribution in [2.45, 2.75) is 54.1 Å². The van der Waals surface area contributed by atoms with E-state index in [0.29, 0.717) is 11.5 Å². The van der Waals surface area contributed by atoms with Crippen LogP contribution in [-0.2, 0) is 4.74 Å². The Hall–Kier alpha value is -0.0800. The van der Waals surface area contributed by atoms with Gasteiger partial charge in [0.1, 0.15) is 0 Å². The highest BCUT2D eigenvalue weighted by Gasteiger charge is 2.17. The van der Waals surface area contributed by atoms with Crippen LogP contribution in [-0.4, -0.2) is 25.8 Å². The quantitative estimate of drug-likeness (QED) is 0.672. The first-order valence-corrected chi connectivity index (χ1v) is 6.16. The molecule has 0 aromatic carbocycles. The minimum Gasteiger partial charge on any atom is -0.379 e. The van der Waals surface area contributed by atoms with E-state index in [9.17, 15) is 0 Å². The Bertz CT molecular complexity index is 137. The standard InChI is InChI=1S/C13H29NO/c1-11(2)9-14-10-13(5,6)7-8-15-12(3)4/h11-12,14H,7-10H2,1-6H3. The maximum absolute atomic E-state index is 5.58. The van der Waals surface area contributed by atoms with Crippen LogP contribution in [0.15, 0.2) is 0 Å². The lowest BCUT2D eigenvalue weighted by molar-refractivity contribution is 0.0573. The van der Waals surface area contributed by atoms with E-state index in [2.05, 4.69) is 46.9 Å². The molecule has 0 atom stereocenters. The molecule has 0 aromatic heterocycles. The Balaban J connectivity index is 3.57. The first kappa shape index (κ1) is 14.9. The predicted molar refractivity (Wildman–Crippen MR) is 67.2 cm³/mol. The first-order chi connectivity index (χ1) is 6.83. The maximum Gasteiger partial charge on any atom is 0.0518 e. The molecule has 2 nitrogen and oxygen atoms in total. The Morgan fingerprint density at radius 2 is 1.73 bits per heavy atom. The van der Waals surface area contributed by atoms with Gasteiger partial charge in [-0.25, -0.2) is 0 Å². The van der Waals surface area contributed by atoms with E-state index in [1.807, 2.05) is 0 Å². The van der Waals surface area contributed by atoms with Crippen LogP contribution in [0.4, 0.5) is 0 Å². The van der Waals surface area contributed by atoms with Crippen molar-refractivity contribution >= 4 is 0 Å². The molecule has 15 heavy (non-hydrogen) atoms. The van der Waals surface area contributed by atoms with Crippen LogP contribution in [0.1, 0.15) is 48.0 Å². The van der Waals surface area contributed by atoms with E-state index < -0.39 is 0 Å². The van der Waals surface area contributed by atoms with E-state index in [1.165, 1.54) is 0 Å². The molecule has 0 radical (unpaired) electrons. The van der Waals surface area contributed by atoms with E-state index in [0.717, 1.165) is 32.0 Å². The molecule has 0 rings (SSSR count). The van der Waals surface area contributed by atoms with Gasteiger partial charge in [0.25, 0.3) is 0 Å². The zero-order chi connectivity index (χ0) is 11.9. The summed E-state index contributed by atoms with van der Waals surface area (Å²) in [6, 6.07) is 0. The predicted octanol–water partition coefficient (Wildman–Crippen LogP) is 3.07. The fourth-order valence-corrected chi connectivity index (χ4v) is 1.36. The number of nitrogens with one attached hydrogen (secondary N) is 1. The minimum atomic E-state index is 0.337. The van der Waals surface area contributed by atoms with Crippen LogP contribution < -0.4 is 5.32 Å². The molecule has 0 bridgehead atoms. The summed E-state index contributed by atoms with van der Waals surface area (Å²) in [5.41, 5.74) is 0.337. The summed E-state index contributed by atoms with van der Waals surface area (Å²) in [4.78, 5) is 0. The summed E-state index contributed by atoms with van der Waals surface area (Å²) in [6.45, 7) is 16.3. The molecule has 1 N–H and O–H groups in total. The third-order valence-corrected chi connectivity index (χ3v) is 2.39. The molecule has 0 amide bonds. The largest absolute Gasteiger partial charge is 0.379 e.